The standard InChI is InChI=1S/C12H16N2O2S2/c15-18(16,14-10-4-6-17-8-10)11-1-2-12-9(7-11)3-5-13-12/h1-2,7,10,13-14H,3-6,8H2. The van der Waals surface area contributed by atoms with Gasteiger partial charge in [-0.15, -0.1) is 0 Å². The molecule has 0 amide bonds. The summed E-state index contributed by atoms with van der Waals surface area (Å²) in [5.74, 6) is 1.92. The number of rotatable bonds is 3. The van der Waals surface area contributed by atoms with Crippen LogP contribution < -0.4 is 10.0 Å². The molecule has 1 fully saturated rings. The van der Waals surface area contributed by atoms with Crippen LogP contribution >= 0.6 is 11.8 Å². The fourth-order valence-electron chi connectivity index (χ4n) is 2.36. The summed E-state index contributed by atoms with van der Waals surface area (Å²) in [6, 6.07) is 5.42. The van der Waals surface area contributed by atoms with Gasteiger partial charge in [0, 0.05) is 24.0 Å². The quantitative estimate of drug-likeness (QED) is 0.882. The van der Waals surface area contributed by atoms with Crippen LogP contribution in [0.1, 0.15) is 12.0 Å². The molecular formula is C12H16N2O2S2. The molecule has 1 atom stereocenters. The molecule has 1 aromatic rings. The van der Waals surface area contributed by atoms with Crippen LogP contribution in [0.15, 0.2) is 23.1 Å². The first kappa shape index (κ1) is 12.3. The van der Waals surface area contributed by atoms with Crippen molar-refractivity contribution in [1.82, 2.24) is 4.72 Å². The maximum atomic E-state index is 12.2. The Bertz CT molecular complexity index is 551. The molecule has 2 aliphatic rings. The van der Waals surface area contributed by atoms with Crippen LogP contribution in [-0.2, 0) is 16.4 Å². The average molecular weight is 284 g/mol. The predicted octanol–water partition coefficient (Wildman–Crippen LogP) is 1.44. The molecule has 1 unspecified atom stereocenters. The van der Waals surface area contributed by atoms with Gasteiger partial charge in [-0.3, -0.25) is 0 Å². The summed E-state index contributed by atoms with van der Waals surface area (Å²) in [4.78, 5) is 0.391. The molecule has 98 valence electrons. The van der Waals surface area contributed by atoms with Crippen molar-refractivity contribution < 1.29 is 8.42 Å². The first-order valence-electron chi connectivity index (χ1n) is 6.12. The highest BCUT2D eigenvalue weighted by Gasteiger charge is 2.24. The third kappa shape index (κ3) is 2.37. The van der Waals surface area contributed by atoms with Crippen LogP contribution in [0, 0.1) is 0 Å². The van der Waals surface area contributed by atoms with Gasteiger partial charge in [0.1, 0.15) is 0 Å². The van der Waals surface area contributed by atoms with E-state index in [-0.39, 0.29) is 6.04 Å². The highest BCUT2D eigenvalue weighted by Crippen LogP contribution is 2.26. The largest absolute Gasteiger partial charge is 0.384 e. The van der Waals surface area contributed by atoms with Gasteiger partial charge in [-0.2, -0.15) is 11.8 Å². The Morgan fingerprint density at radius 2 is 2.28 bits per heavy atom. The number of fused-ring (bicyclic) bond motifs is 1. The normalized spacial score (nSPS) is 22.8. The summed E-state index contributed by atoms with van der Waals surface area (Å²) in [5, 5.41) is 3.23. The Balaban J connectivity index is 1.84. The minimum atomic E-state index is -3.36. The Morgan fingerprint density at radius 3 is 3.06 bits per heavy atom. The summed E-state index contributed by atoms with van der Waals surface area (Å²) < 4.78 is 27.3. The van der Waals surface area contributed by atoms with Gasteiger partial charge in [-0.1, -0.05) is 0 Å². The Labute approximate surface area is 112 Å². The SMILES string of the molecule is O=S(=O)(NC1CCSC1)c1ccc2c(c1)CCN2. The highest BCUT2D eigenvalue weighted by molar-refractivity contribution is 7.99. The van der Waals surface area contributed by atoms with Crippen molar-refractivity contribution in [2.24, 2.45) is 0 Å². The van der Waals surface area contributed by atoms with Crippen LogP contribution in [-0.4, -0.2) is 32.5 Å². The van der Waals surface area contributed by atoms with E-state index >= 15 is 0 Å². The zero-order valence-corrected chi connectivity index (χ0v) is 11.6. The smallest absolute Gasteiger partial charge is 0.240 e. The molecule has 2 N–H and O–H groups in total. The van der Waals surface area contributed by atoms with Crippen molar-refractivity contribution in [2.75, 3.05) is 23.4 Å². The zero-order valence-electron chi connectivity index (χ0n) is 9.98. The fourth-order valence-corrected chi connectivity index (χ4v) is 4.94. The number of hydrogen-bond donors (Lipinski definition) is 2. The lowest BCUT2D eigenvalue weighted by atomic mass is 10.2. The summed E-state index contributed by atoms with van der Waals surface area (Å²) in [6.07, 6.45) is 1.83. The van der Waals surface area contributed by atoms with Crippen LogP contribution in [0.2, 0.25) is 0 Å². The lowest BCUT2D eigenvalue weighted by Gasteiger charge is -2.12. The van der Waals surface area contributed by atoms with Gasteiger partial charge in [-0.25, -0.2) is 13.1 Å². The first-order chi connectivity index (χ1) is 8.65. The van der Waals surface area contributed by atoms with E-state index in [1.54, 1.807) is 23.9 Å². The van der Waals surface area contributed by atoms with E-state index in [4.69, 9.17) is 0 Å². The van der Waals surface area contributed by atoms with Crippen LogP contribution in [0.3, 0.4) is 0 Å². The monoisotopic (exact) mass is 284 g/mol. The van der Waals surface area contributed by atoms with E-state index in [0.29, 0.717) is 4.90 Å². The maximum Gasteiger partial charge on any atom is 0.240 e. The Morgan fingerprint density at radius 1 is 1.39 bits per heavy atom. The minimum Gasteiger partial charge on any atom is -0.384 e. The molecule has 3 rings (SSSR count). The molecule has 0 aromatic heterocycles. The van der Waals surface area contributed by atoms with E-state index in [9.17, 15) is 8.42 Å². The molecule has 18 heavy (non-hydrogen) atoms. The van der Waals surface area contributed by atoms with Crippen LogP contribution in [0.5, 0.6) is 0 Å². The Hall–Kier alpha value is -0.720. The molecule has 0 spiro atoms. The zero-order chi connectivity index (χ0) is 12.6. The number of thioether (sulfide) groups is 1. The van der Waals surface area contributed by atoms with E-state index in [1.165, 1.54) is 0 Å². The third-order valence-electron chi connectivity index (χ3n) is 3.35. The molecule has 1 aromatic carbocycles. The maximum absolute atomic E-state index is 12.2. The van der Waals surface area contributed by atoms with Crippen molar-refractivity contribution in [3.63, 3.8) is 0 Å². The molecule has 0 radical (unpaired) electrons. The number of nitrogens with one attached hydrogen (secondary N) is 2. The minimum absolute atomic E-state index is 0.0892. The molecule has 2 aliphatic heterocycles. The average Bonchev–Trinajstić information content (AvgIpc) is 2.97. The molecule has 0 saturated carbocycles. The summed E-state index contributed by atoms with van der Waals surface area (Å²) in [5.41, 5.74) is 2.16. The van der Waals surface area contributed by atoms with Gasteiger partial charge in [-0.05, 0) is 42.4 Å². The van der Waals surface area contributed by atoms with Gasteiger partial charge in [0.05, 0.1) is 4.90 Å². The molecule has 4 nitrogen and oxygen atoms in total. The van der Waals surface area contributed by atoms with Crippen molar-refractivity contribution in [3.05, 3.63) is 23.8 Å². The second kappa shape index (κ2) is 4.75. The van der Waals surface area contributed by atoms with Crippen molar-refractivity contribution in [1.29, 1.82) is 0 Å². The number of anilines is 1. The predicted molar refractivity (Wildman–Crippen MR) is 74.7 cm³/mol. The highest BCUT2D eigenvalue weighted by atomic mass is 32.2. The van der Waals surface area contributed by atoms with Crippen molar-refractivity contribution >= 4 is 27.5 Å². The van der Waals surface area contributed by atoms with Crippen LogP contribution in [0.25, 0.3) is 0 Å². The van der Waals surface area contributed by atoms with Gasteiger partial charge in [0.2, 0.25) is 10.0 Å². The summed E-state index contributed by atoms with van der Waals surface area (Å²) in [7, 11) is -3.36. The van der Waals surface area contributed by atoms with Gasteiger partial charge in [0.15, 0.2) is 0 Å². The fraction of sp³-hybridized carbons (Fsp3) is 0.500. The van der Waals surface area contributed by atoms with Gasteiger partial charge < -0.3 is 5.32 Å². The Kier molecular flexibility index (Phi) is 3.25. The molecule has 2 heterocycles. The lowest BCUT2D eigenvalue weighted by Crippen LogP contribution is -2.34. The lowest BCUT2D eigenvalue weighted by molar-refractivity contribution is 0.563. The number of benzene rings is 1. The summed E-state index contributed by atoms with van der Waals surface area (Å²) >= 11 is 1.80. The summed E-state index contributed by atoms with van der Waals surface area (Å²) in [6.45, 7) is 0.894. The third-order valence-corrected chi connectivity index (χ3v) is 6.03. The molecule has 1 saturated heterocycles. The van der Waals surface area contributed by atoms with E-state index in [0.717, 1.165) is 42.1 Å². The van der Waals surface area contributed by atoms with Crippen molar-refractivity contribution in [3.8, 4) is 0 Å². The number of hydrogen-bond acceptors (Lipinski definition) is 4. The van der Waals surface area contributed by atoms with Gasteiger partial charge >= 0.3 is 0 Å². The van der Waals surface area contributed by atoms with Gasteiger partial charge in [0.25, 0.3) is 0 Å². The second-order valence-electron chi connectivity index (χ2n) is 4.68. The van der Waals surface area contributed by atoms with E-state index in [2.05, 4.69) is 10.0 Å². The molecule has 6 heteroatoms. The topological polar surface area (TPSA) is 58.2 Å². The molecule has 0 aliphatic carbocycles. The van der Waals surface area contributed by atoms with Crippen molar-refractivity contribution in [2.45, 2.75) is 23.8 Å². The van der Waals surface area contributed by atoms with Crippen LogP contribution in [0.4, 0.5) is 5.69 Å². The first-order valence-corrected chi connectivity index (χ1v) is 8.76. The molecular weight excluding hydrogens is 268 g/mol. The number of sulfonamides is 1. The second-order valence-corrected chi connectivity index (χ2v) is 7.54. The van der Waals surface area contributed by atoms with E-state index < -0.39 is 10.0 Å². The van der Waals surface area contributed by atoms with E-state index in [1.807, 2.05) is 6.07 Å². The molecule has 0 bridgehead atoms.